The summed E-state index contributed by atoms with van der Waals surface area (Å²) in [5.41, 5.74) is 8.02. The van der Waals surface area contributed by atoms with Gasteiger partial charge in [0.1, 0.15) is 43.2 Å². The maximum Gasteiger partial charge on any atom is 0.487 e. The average Bonchev–Trinajstić information content (AvgIpc) is 4.16. The molecule has 0 bridgehead atoms. The number of carbonyl (C=O) groups is 2. The zero-order valence-electron chi connectivity index (χ0n) is 43.7. The number of aromatic nitrogens is 4. The van der Waals surface area contributed by atoms with Gasteiger partial charge in [0.25, 0.3) is 13.7 Å². The van der Waals surface area contributed by atoms with Crippen molar-refractivity contribution in [3.05, 3.63) is 99.6 Å². The summed E-state index contributed by atoms with van der Waals surface area (Å²) in [5.74, 6) is 1.88. The Kier molecular flexibility index (Phi) is 18.0. The van der Waals surface area contributed by atoms with E-state index in [9.17, 15) is 43.1 Å². The van der Waals surface area contributed by atoms with Gasteiger partial charge >= 0.3 is 15.6 Å². The van der Waals surface area contributed by atoms with Gasteiger partial charge < -0.3 is 54.6 Å². The lowest BCUT2D eigenvalue weighted by atomic mass is 9.86. The Bertz CT molecular complexity index is 3340. The van der Waals surface area contributed by atoms with Gasteiger partial charge in [0.05, 0.1) is 25.1 Å². The highest BCUT2D eigenvalue weighted by atomic mass is 31.3. The molecule has 3 unspecified atom stereocenters. The van der Waals surface area contributed by atoms with Crippen molar-refractivity contribution in [2.45, 2.75) is 103 Å². The maximum atomic E-state index is 14.5. The van der Waals surface area contributed by atoms with Gasteiger partial charge in [0.15, 0.2) is 17.0 Å². The van der Waals surface area contributed by atoms with Crippen molar-refractivity contribution in [2.75, 3.05) is 69.7 Å². The maximum absolute atomic E-state index is 14.5. The van der Waals surface area contributed by atoms with Crippen molar-refractivity contribution in [1.29, 1.82) is 0 Å². The van der Waals surface area contributed by atoms with Crippen LogP contribution in [0.15, 0.2) is 61.2 Å². The molecule has 1 fully saturated rings. The zero-order valence-corrected chi connectivity index (χ0v) is 46.4. The summed E-state index contributed by atoms with van der Waals surface area (Å²) in [6.07, 6.45) is 7.56. The number of fused-ring (bicyclic) bond motifs is 5. The van der Waals surface area contributed by atoms with Crippen LogP contribution in [0.5, 0.6) is 11.5 Å². The molecule has 0 radical (unpaired) electrons. The van der Waals surface area contributed by atoms with Crippen LogP contribution >= 0.6 is 23.5 Å². The van der Waals surface area contributed by atoms with Crippen molar-refractivity contribution in [3.8, 4) is 11.5 Å². The Labute approximate surface area is 450 Å². The number of hydrogen-bond donors (Lipinski definition) is 6. The molecule has 2 aromatic heterocycles. The number of hydrogen-bond acceptors (Lipinski definition) is 17. The number of anilines is 2. The van der Waals surface area contributed by atoms with Crippen molar-refractivity contribution >= 4 is 63.5 Å². The molecule has 24 nitrogen and oxygen atoms in total. The molecule has 4 aliphatic heterocycles. The van der Waals surface area contributed by atoms with E-state index < -0.39 is 48.5 Å². The molecule has 78 heavy (non-hydrogen) atoms. The van der Waals surface area contributed by atoms with E-state index in [2.05, 4.69) is 86.3 Å². The molecule has 3 aromatic carbocycles. The van der Waals surface area contributed by atoms with E-state index in [0.717, 1.165) is 111 Å². The third-order valence-electron chi connectivity index (χ3n) is 14.4. The number of aliphatic hydroxyl groups excluding tert-OH is 1. The van der Waals surface area contributed by atoms with Crippen molar-refractivity contribution in [2.24, 2.45) is 0 Å². The number of aryl methyl sites for hydroxylation is 2. The molecule has 9 rings (SSSR count). The van der Waals surface area contributed by atoms with Crippen LogP contribution in [0.25, 0.3) is 16.7 Å². The lowest BCUT2D eigenvalue weighted by Crippen LogP contribution is -2.39. The first-order chi connectivity index (χ1) is 37.3. The first-order valence-corrected chi connectivity index (χ1v) is 30.8. The first kappa shape index (κ1) is 57.2. The molecule has 0 aliphatic carbocycles. The number of ether oxygens (including phenoxy) is 2. The number of nitrogens with one attached hydrogen (secondary N) is 2. The van der Waals surface area contributed by atoms with Crippen LogP contribution in [-0.4, -0.2) is 128 Å². The van der Waals surface area contributed by atoms with Crippen LogP contribution < -0.4 is 40.3 Å². The van der Waals surface area contributed by atoms with Crippen LogP contribution in [-0.2, 0) is 49.2 Å². The Balaban J connectivity index is 0.731. The molecular weight excluding hydrogens is 1070 g/mol. The van der Waals surface area contributed by atoms with Gasteiger partial charge in [-0.3, -0.25) is 23.2 Å². The predicted molar refractivity (Wildman–Crippen MR) is 285 cm³/mol. The lowest BCUT2D eigenvalue weighted by molar-refractivity contribution is -0.212. The molecule has 27 heteroatoms. The second-order valence-corrected chi connectivity index (χ2v) is 24.1. The molecule has 1 saturated heterocycles. The summed E-state index contributed by atoms with van der Waals surface area (Å²) in [5, 5.41) is 19.1. The molecule has 6 atom stereocenters. The molecule has 5 aromatic rings. The third-order valence-corrected chi connectivity index (χ3v) is 18.2. The van der Waals surface area contributed by atoms with Gasteiger partial charge in [0.2, 0.25) is 11.3 Å². The minimum atomic E-state index is -5.82. The number of rotatable bonds is 24. The fourth-order valence-corrected chi connectivity index (χ4v) is 13.6. The molecule has 6 heterocycles. The number of amides is 2. The number of phosphoric acid groups is 3. The largest absolute Gasteiger partial charge is 0.756 e. The third kappa shape index (κ3) is 13.4. The predicted octanol–water partition coefficient (Wildman–Crippen LogP) is 4.41. The Morgan fingerprint density at radius 1 is 0.910 bits per heavy atom. The van der Waals surface area contributed by atoms with E-state index >= 15 is 0 Å². The number of imidazole rings is 1. The molecule has 2 amide bonds. The summed E-state index contributed by atoms with van der Waals surface area (Å²) >= 11 is 0. The summed E-state index contributed by atoms with van der Waals surface area (Å²) in [6.45, 7) is 8.88. The number of carbonyl (C=O) groups excluding carboxylic acids is 2. The average molecular weight is 1140 g/mol. The second kappa shape index (κ2) is 24.5. The number of nitrogens with zero attached hydrogens (tertiary/aromatic N) is 7. The number of benzene rings is 3. The van der Waals surface area contributed by atoms with Gasteiger partial charge in [0, 0.05) is 98.3 Å². The summed E-state index contributed by atoms with van der Waals surface area (Å²) < 4.78 is 63.0. The fraction of sp³-hybridized carbons (Fsp3) is 0.490. The van der Waals surface area contributed by atoms with E-state index in [1.807, 2.05) is 24.3 Å². The molecule has 0 spiro atoms. The Hall–Kier alpha value is -5.45. The summed E-state index contributed by atoms with van der Waals surface area (Å²) in [6, 6.07) is 16.8. The van der Waals surface area contributed by atoms with Crippen LogP contribution in [0.1, 0.15) is 110 Å². The highest BCUT2D eigenvalue weighted by molar-refractivity contribution is 7.66. The molecular formula is C51H66N9O15P3. The topological polar surface area (TPSA) is 313 Å². The van der Waals surface area contributed by atoms with E-state index in [1.165, 1.54) is 39.4 Å². The van der Waals surface area contributed by atoms with Gasteiger partial charge in [-0.2, -0.15) is 4.31 Å². The van der Waals surface area contributed by atoms with Gasteiger partial charge in [-0.25, -0.2) is 33.0 Å². The van der Waals surface area contributed by atoms with Crippen LogP contribution in [0.2, 0.25) is 0 Å². The standard InChI is InChI=1S/C51H66N9O15P3/c1-4-58-23-12-15-33-25-37-42(27-39(33)58)72-43-28-40-34(16-13-24-59(40)5-2)26-38(43)47(37)35-17-8-9-18-36(35)51(63)57(3)22-14-19-45(62)52-20-10-6-7-11-21-53-49-48-50(55-31-54-49)60(32-56-48)46-29-41(61)44(73-46)30-71-77(67,68)75-78(69,70)74-76(64,65)66/h8-9,17-18,25-28,31-32,41,44,46,61H,4-7,10-16,19-24,29-30H2,1-3H3,(H5-,52,53,54,55,62,64,65,66,67,68,69,70)/t41-,44+,46+/m0/s1. The van der Waals surface area contributed by atoms with Crippen molar-refractivity contribution in [3.63, 3.8) is 0 Å². The van der Waals surface area contributed by atoms with Crippen LogP contribution in [0.4, 0.5) is 11.5 Å². The minimum Gasteiger partial charge on any atom is -0.756 e. The fourth-order valence-electron chi connectivity index (χ4n) is 10.6. The zero-order chi connectivity index (χ0) is 55.4. The van der Waals surface area contributed by atoms with E-state index in [4.69, 9.17) is 14.4 Å². The van der Waals surface area contributed by atoms with Gasteiger partial charge in [-0.05, 0) is 81.7 Å². The minimum absolute atomic E-state index is 0.0360. The molecule has 420 valence electrons. The quantitative estimate of drug-likeness (QED) is 0.0278. The van der Waals surface area contributed by atoms with E-state index in [-0.39, 0.29) is 24.7 Å². The molecule has 6 N–H and O–H groups in total. The SMILES string of the molecule is CCN1CCCc2cc3c(cc21)Oc1cc2c(cc1=C3c1ccccc1C(=O)N(C)CCCC(=O)NCCCCCCNc1ncnc3c1ncn3[C@H]1C[C@H](O)[C@@H](COP(=O)(O)OP(=O)(O)OP(=O)([O-])O)O1)CCC[N+]=2CC. The lowest BCUT2D eigenvalue weighted by Gasteiger charge is -2.33. The Morgan fingerprint density at radius 2 is 1.69 bits per heavy atom. The van der Waals surface area contributed by atoms with E-state index in [1.54, 1.807) is 11.9 Å². The monoisotopic (exact) mass is 1140 g/mol. The number of aliphatic hydroxyl groups is 1. The smallest absolute Gasteiger partial charge is 0.487 e. The second-order valence-electron chi connectivity index (χ2n) is 19.7. The highest BCUT2D eigenvalue weighted by Gasteiger charge is 2.42. The Morgan fingerprint density at radius 3 is 2.47 bits per heavy atom. The van der Waals surface area contributed by atoms with Crippen molar-refractivity contribution < 1.29 is 70.6 Å². The molecule has 0 saturated carbocycles. The number of phosphoric ester groups is 1. The normalized spacial score (nSPS) is 20.1. The highest BCUT2D eigenvalue weighted by Crippen LogP contribution is 2.65. The van der Waals surface area contributed by atoms with Crippen LogP contribution in [0, 0.1) is 0 Å². The van der Waals surface area contributed by atoms with E-state index in [0.29, 0.717) is 48.6 Å². The number of unbranched alkanes of at least 4 members (excludes halogenated alkanes) is 3. The van der Waals surface area contributed by atoms with Crippen LogP contribution in [0.3, 0.4) is 0 Å². The van der Waals surface area contributed by atoms with Crippen molar-refractivity contribution in [1.82, 2.24) is 34.3 Å². The molecule has 4 aliphatic rings. The first-order valence-electron chi connectivity index (χ1n) is 26.3. The summed E-state index contributed by atoms with van der Waals surface area (Å²) in [7, 11) is -15.2. The van der Waals surface area contributed by atoms with Gasteiger partial charge in [-0.15, -0.1) is 0 Å². The summed E-state index contributed by atoms with van der Waals surface area (Å²) in [4.78, 5) is 83.1. The van der Waals surface area contributed by atoms with Gasteiger partial charge in [-0.1, -0.05) is 31.0 Å².